The van der Waals surface area contributed by atoms with Gasteiger partial charge in [0.2, 0.25) is 0 Å². The topological polar surface area (TPSA) is 87.2 Å². The highest BCUT2D eigenvalue weighted by atomic mass is 32.2. The van der Waals surface area contributed by atoms with Crippen LogP contribution >= 0.6 is 0 Å². The zero-order valence-corrected chi connectivity index (χ0v) is 21.0. The third-order valence-corrected chi connectivity index (χ3v) is 7.95. The average Bonchev–Trinajstić information content (AvgIpc) is 2.84. The molecule has 0 amide bonds. The zero-order chi connectivity index (χ0) is 26.8. The molecule has 0 aliphatic heterocycles. The lowest BCUT2D eigenvalue weighted by molar-refractivity contribution is -0.137. The first-order valence-electron chi connectivity index (χ1n) is 11.6. The highest BCUT2D eigenvalue weighted by Crippen LogP contribution is 2.38. The van der Waals surface area contributed by atoms with Gasteiger partial charge in [-0.05, 0) is 75.2 Å². The molecule has 3 aromatic rings. The van der Waals surface area contributed by atoms with Crippen molar-refractivity contribution in [3.05, 3.63) is 78.0 Å². The maximum atomic E-state index is 14.9. The van der Waals surface area contributed by atoms with Crippen LogP contribution in [0.2, 0.25) is 0 Å². The molecule has 4 rings (SSSR count). The van der Waals surface area contributed by atoms with Gasteiger partial charge in [0.1, 0.15) is 22.9 Å². The van der Waals surface area contributed by atoms with E-state index in [1.54, 1.807) is 6.07 Å². The Labute approximate surface area is 213 Å². The summed E-state index contributed by atoms with van der Waals surface area (Å²) in [6.07, 6.45) is 0.0384. The number of alkyl halides is 3. The Bertz CT molecular complexity index is 1340. The third-order valence-electron chi connectivity index (χ3n) is 6.56. The summed E-state index contributed by atoms with van der Waals surface area (Å²) in [4.78, 5) is 8.98. The lowest BCUT2D eigenvalue weighted by atomic mass is 9.78. The molecular formula is C25H27F4N5O2S. The number of sulfonamides is 1. The van der Waals surface area contributed by atoms with Gasteiger partial charge in [-0.25, -0.2) is 22.8 Å². The number of halogens is 4. The summed E-state index contributed by atoms with van der Waals surface area (Å²) >= 11 is 0. The second kappa shape index (κ2) is 10.6. The first-order valence-corrected chi connectivity index (χ1v) is 13.1. The van der Waals surface area contributed by atoms with E-state index in [-0.39, 0.29) is 23.8 Å². The van der Waals surface area contributed by atoms with E-state index in [4.69, 9.17) is 0 Å². The number of nitrogens with one attached hydrogen (secondary N) is 2. The van der Waals surface area contributed by atoms with Crippen molar-refractivity contribution in [1.29, 1.82) is 0 Å². The molecule has 7 nitrogen and oxygen atoms in total. The van der Waals surface area contributed by atoms with Gasteiger partial charge in [0.05, 0.1) is 5.56 Å². The van der Waals surface area contributed by atoms with Crippen LogP contribution in [0.1, 0.15) is 36.3 Å². The number of anilines is 2. The highest BCUT2D eigenvalue weighted by Gasteiger charge is 2.35. The molecule has 12 heteroatoms. The van der Waals surface area contributed by atoms with Crippen molar-refractivity contribution in [2.75, 3.05) is 24.1 Å². The zero-order valence-electron chi connectivity index (χ0n) is 20.2. The molecule has 1 aliphatic rings. The van der Waals surface area contributed by atoms with Gasteiger partial charge in [0.15, 0.2) is 0 Å². The monoisotopic (exact) mass is 537 g/mol. The van der Waals surface area contributed by atoms with Gasteiger partial charge < -0.3 is 10.2 Å². The third kappa shape index (κ3) is 6.37. The van der Waals surface area contributed by atoms with Crippen molar-refractivity contribution in [3.8, 4) is 0 Å². The Kier molecular flexibility index (Phi) is 7.69. The molecular weight excluding hydrogens is 510 g/mol. The van der Waals surface area contributed by atoms with Crippen LogP contribution in [0, 0.1) is 5.82 Å². The summed E-state index contributed by atoms with van der Waals surface area (Å²) in [5.74, 6) is -0.960. The number of nitrogens with zero attached hydrogens (tertiary/aromatic N) is 3. The number of rotatable bonds is 7. The molecule has 3 atom stereocenters. The Balaban J connectivity index is 1.48. The predicted molar refractivity (Wildman–Crippen MR) is 132 cm³/mol. The van der Waals surface area contributed by atoms with Crippen LogP contribution in [0.25, 0.3) is 0 Å². The van der Waals surface area contributed by atoms with Gasteiger partial charge in [-0.3, -0.25) is 4.72 Å². The van der Waals surface area contributed by atoms with Crippen molar-refractivity contribution in [1.82, 2.24) is 14.9 Å². The quantitative estimate of drug-likeness (QED) is 0.407. The molecule has 0 spiro atoms. The standard InChI is InChI=1S/C25H27F4N5O2S/c1-34(2)22-13-17(16-4-3-5-18(12-16)25(27,28)29)6-8-21(22)32-19-7-9-23(20(26)14-19)37(35,36)33-24-10-11-30-15-31-24/h3-5,7,9-12,14-15,17,21-22,32H,6,8,13H2,1-2H3,(H,30,31,33)/t17-,21-,22-/m0/s1. The number of aromatic nitrogens is 2. The normalized spacial score (nSPS) is 20.6. The van der Waals surface area contributed by atoms with Gasteiger partial charge in [0, 0.05) is 24.0 Å². The van der Waals surface area contributed by atoms with E-state index in [0.29, 0.717) is 30.5 Å². The molecule has 2 N–H and O–H groups in total. The van der Waals surface area contributed by atoms with Crippen LogP contribution in [0.4, 0.5) is 29.1 Å². The summed E-state index contributed by atoms with van der Waals surface area (Å²) in [5, 5.41) is 3.29. The van der Waals surface area contributed by atoms with Gasteiger partial charge >= 0.3 is 6.18 Å². The molecule has 1 saturated carbocycles. The van der Waals surface area contributed by atoms with Crippen molar-refractivity contribution >= 4 is 21.5 Å². The summed E-state index contributed by atoms with van der Waals surface area (Å²) in [5.41, 5.74) is 0.399. The van der Waals surface area contributed by atoms with Crippen LogP contribution in [-0.4, -0.2) is 49.5 Å². The largest absolute Gasteiger partial charge is 0.416 e. The first-order chi connectivity index (χ1) is 17.4. The van der Waals surface area contributed by atoms with Gasteiger partial charge in [-0.2, -0.15) is 13.2 Å². The number of benzene rings is 2. The minimum Gasteiger partial charge on any atom is -0.381 e. The Hall–Kier alpha value is -3.25. The van der Waals surface area contributed by atoms with E-state index in [0.717, 1.165) is 12.1 Å². The van der Waals surface area contributed by atoms with Crippen molar-refractivity contribution in [2.45, 2.75) is 48.3 Å². The molecule has 2 aromatic carbocycles. The molecule has 1 fully saturated rings. The molecule has 198 valence electrons. The second-order valence-corrected chi connectivity index (χ2v) is 10.9. The second-order valence-electron chi connectivity index (χ2n) is 9.26. The fraction of sp³-hybridized carbons (Fsp3) is 0.360. The number of hydrogen-bond acceptors (Lipinski definition) is 6. The summed E-state index contributed by atoms with van der Waals surface area (Å²) in [6, 6.07) is 10.4. The smallest absolute Gasteiger partial charge is 0.381 e. The molecule has 1 aromatic heterocycles. The maximum absolute atomic E-state index is 14.9. The predicted octanol–water partition coefficient (Wildman–Crippen LogP) is 5.11. The minimum absolute atomic E-state index is 0.0166. The van der Waals surface area contributed by atoms with Gasteiger partial charge in [0.25, 0.3) is 10.0 Å². The molecule has 0 bridgehead atoms. The molecule has 37 heavy (non-hydrogen) atoms. The molecule has 0 saturated heterocycles. The van der Waals surface area contributed by atoms with E-state index < -0.39 is 32.5 Å². The SMILES string of the molecule is CN(C)[C@H]1C[C@@H](c2cccc(C(F)(F)F)c2)CC[C@@H]1Nc1ccc(S(=O)(=O)Nc2ccncn2)c(F)c1. The number of hydrogen-bond donors (Lipinski definition) is 2. The Morgan fingerprint density at radius 3 is 2.49 bits per heavy atom. The fourth-order valence-corrected chi connectivity index (χ4v) is 5.79. The molecule has 1 aliphatic carbocycles. The van der Waals surface area contributed by atoms with Crippen LogP contribution < -0.4 is 10.0 Å². The Morgan fingerprint density at radius 2 is 1.84 bits per heavy atom. The van der Waals surface area contributed by atoms with E-state index in [9.17, 15) is 26.0 Å². The molecule has 0 unspecified atom stereocenters. The van der Waals surface area contributed by atoms with Crippen LogP contribution in [0.5, 0.6) is 0 Å². The van der Waals surface area contributed by atoms with Gasteiger partial charge in [-0.15, -0.1) is 0 Å². The summed E-state index contributed by atoms with van der Waals surface area (Å²) < 4.78 is 81.9. The van der Waals surface area contributed by atoms with Crippen LogP contribution in [0.15, 0.2) is 66.0 Å². The molecule has 1 heterocycles. The number of likely N-dealkylation sites (N-methyl/N-ethyl adjacent to an activating group) is 1. The van der Waals surface area contributed by atoms with Crippen molar-refractivity contribution < 1.29 is 26.0 Å². The van der Waals surface area contributed by atoms with E-state index in [1.807, 2.05) is 19.0 Å². The summed E-state index contributed by atoms with van der Waals surface area (Å²) in [7, 11) is -0.418. The van der Waals surface area contributed by atoms with Crippen LogP contribution in [-0.2, 0) is 16.2 Å². The minimum atomic E-state index is -4.40. The average molecular weight is 538 g/mol. The molecule has 0 radical (unpaired) electrons. The van der Waals surface area contributed by atoms with Gasteiger partial charge in [-0.1, -0.05) is 18.2 Å². The maximum Gasteiger partial charge on any atom is 0.416 e. The summed E-state index contributed by atoms with van der Waals surface area (Å²) in [6.45, 7) is 0. The van der Waals surface area contributed by atoms with E-state index in [1.165, 1.54) is 42.9 Å². The van der Waals surface area contributed by atoms with E-state index >= 15 is 0 Å². The lowest BCUT2D eigenvalue weighted by Gasteiger charge is -2.41. The Morgan fingerprint density at radius 1 is 1.05 bits per heavy atom. The fourth-order valence-electron chi connectivity index (χ4n) is 4.72. The first kappa shape index (κ1) is 26.8. The van der Waals surface area contributed by atoms with Crippen LogP contribution in [0.3, 0.4) is 0 Å². The van der Waals surface area contributed by atoms with Crippen molar-refractivity contribution in [3.63, 3.8) is 0 Å². The van der Waals surface area contributed by atoms with E-state index in [2.05, 4.69) is 20.0 Å². The highest BCUT2D eigenvalue weighted by molar-refractivity contribution is 7.92. The lowest BCUT2D eigenvalue weighted by Crippen LogP contribution is -2.47. The van der Waals surface area contributed by atoms with Crippen molar-refractivity contribution in [2.24, 2.45) is 0 Å².